The van der Waals surface area contributed by atoms with Crippen LogP contribution in [0.3, 0.4) is 0 Å². The maximum Gasteiger partial charge on any atom is 0.225 e. The number of benzene rings is 1. The van der Waals surface area contributed by atoms with Crippen molar-refractivity contribution in [3.05, 3.63) is 46.7 Å². The Bertz CT molecular complexity index is 598. The van der Waals surface area contributed by atoms with Gasteiger partial charge in [-0.1, -0.05) is 18.2 Å². The van der Waals surface area contributed by atoms with Crippen LogP contribution in [0.2, 0.25) is 0 Å². The molecule has 1 N–H and O–H groups in total. The van der Waals surface area contributed by atoms with Crippen LogP contribution in [-0.4, -0.2) is 32.1 Å². The molecule has 0 unspecified atom stereocenters. The molecule has 1 aliphatic rings. The second kappa shape index (κ2) is 6.63. The topological polar surface area (TPSA) is 41.6 Å². The van der Waals surface area contributed by atoms with Gasteiger partial charge in [-0.05, 0) is 23.6 Å². The predicted octanol–water partition coefficient (Wildman–Crippen LogP) is 2.31. The van der Waals surface area contributed by atoms with E-state index in [4.69, 9.17) is 4.74 Å². The molecule has 0 atom stereocenters. The lowest BCUT2D eigenvalue weighted by Gasteiger charge is -2.31. The summed E-state index contributed by atoms with van der Waals surface area (Å²) in [6.07, 6.45) is 0.470. The first-order chi connectivity index (χ1) is 10.3. The molecule has 2 aromatic rings. The Labute approximate surface area is 128 Å². The predicted molar refractivity (Wildman–Crippen MR) is 85.2 cm³/mol. The van der Waals surface area contributed by atoms with Crippen LogP contribution in [0.15, 0.2) is 41.8 Å². The summed E-state index contributed by atoms with van der Waals surface area (Å²) in [4.78, 5) is 15.2. The zero-order valence-electron chi connectivity index (χ0n) is 11.7. The number of hydrogen-bond donors (Lipinski definition) is 1. The Hall–Kier alpha value is -2.01. The first-order valence-corrected chi connectivity index (χ1v) is 7.97. The smallest absolute Gasteiger partial charge is 0.225 e. The van der Waals surface area contributed by atoms with Crippen molar-refractivity contribution in [3.63, 3.8) is 0 Å². The molecule has 0 spiro atoms. The molecule has 0 radical (unpaired) electrons. The van der Waals surface area contributed by atoms with Crippen LogP contribution < -0.4 is 15.0 Å². The number of amides is 1. The number of nitrogens with zero attached hydrogens (tertiary/aromatic N) is 1. The second-order valence-electron chi connectivity index (χ2n) is 4.91. The quantitative estimate of drug-likeness (QED) is 0.921. The van der Waals surface area contributed by atoms with Crippen LogP contribution in [0.4, 0.5) is 5.69 Å². The molecule has 1 aromatic carbocycles. The van der Waals surface area contributed by atoms with Gasteiger partial charge in [-0.3, -0.25) is 4.79 Å². The summed E-state index contributed by atoms with van der Waals surface area (Å²) < 4.78 is 5.62. The molecule has 1 aliphatic heterocycles. The number of hydrogen-bond acceptors (Lipinski definition) is 4. The van der Waals surface area contributed by atoms with E-state index >= 15 is 0 Å². The standard InChI is InChI=1S/C16H18N2O2S/c19-16(12-13-4-3-11-21-13)17-7-8-18-9-10-20-15-6-2-1-5-14(15)18/h1-6,11H,7-10,12H2,(H,17,19). The molecule has 4 nitrogen and oxygen atoms in total. The summed E-state index contributed by atoms with van der Waals surface area (Å²) in [6, 6.07) is 12.0. The molecule has 2 heterocycles. The third-order valence-corrected chi connectivity index (χ3v) is 4.32. The van der Waals surface area contributed by atoms with E-state index in [2.05, 4.69) is 16.3 Å². The molecule has 110 valence electrons. The van der Waals surface area contributed by atoms with Gasteiger partial charge in [-0.2, -0.15) is 0 Å². The molecular weight excluding hydrogens is 284 g/mol. The molecule has 3 rings (SSSR count). The highest BCUT2D eigenvalue weighted by molar-refractivity contribution is 7.10. The molecule has 0 fully saturated rings. The lowest BCUT2D eigenvalue weighted by atomic mass is 10.2. The molecule has 21 heavy (non-hydrogen) atoms. The third-order valence-electron chi connectivity index (χ3n) is 3.44. The van der Waals surface area contributed by atoms with Gasteiger partial charge in [-0.15, -0.1) is 11.3 Å². The maximum absolute atomic E-state index is 11.9. The van der Waals surface area contributed by atoms with E-state index in [0.29, 0.717) is 19.6 Å². The number of rotatable bonds is 5. The zero-order chi connectivity index (χ0) is 14.5. The van der Waals surface area contributed by atoms with Gasteiger partial charge in [0.1, 0.15) is 12.4 Å². The van der Waals surface area contributed by atoms with Crippen molar-refractivity contribution in [2.24, 2.45) is 0 Å². The molecule has 1 amide bonds. The van der Waals surface area contributed by atoms with Crippen LogP contribution in [0.1, 0.15) is 4.88 Å². The number of thiophene rings is 1. The molecule has 0 saturated heterocycles. The van der Waals surface area contributed by atoms with Gasteiger partial charge in [0.2, 0.25) is 5.91 Å². The number of carbonyl (C=O) groups is 1. The first-order valence-electron chi connectivity index (χ1n) is 7.09. The lowest BCUT2D eigenvalue weighted by Crippen LogP contribution is -2.39. The minimum atomic E-state index is 0.0824. The molecule has 0 aliphatic carbocycles. The van der Waals surface area contributed by atoms with Gasteiger partial charge in [0.25, 0.3) is 0 Å². The summed E-state index contributed by atoms with van der Waals surface area (Å²) in [6.45, 7) is 3.01. The highest BCUT2D eigenvalue weighted by Crippen LogP contribution is 2.30. The Morgan fingerprint density at radius 1 is 1.29 bits per heavy atom. The van der Waals surface area contributed by atoms with Crippen molar-refractivity contribution < 1.29 is 9.53 Å². The first kappa shape index (κ1) is 13.9. The van der Waals surface area contributed by atoms with Gasteiger partial charge in [0.15, 0.2) is 0 Å². The van der Waals surface area contributed by atoms with Crippen LogP contribution in [0.5, 0.6) is 5.75 Å². The average molecular weight is 302 g/mol. The Balaban J connectivity index is 1.49. The molecule has 1 aromatic heterocycles. The summed E-state index contributed by atoms with van der Waals surface area (Å²) in [7, 11) is 0. The minimum absolute atomic E-state index is 0.0824. The largest absolute Gasteiger partial charge is 0.490 e. The zero-order valence-corrected chi connectivity index (χ0v) is 12.6. The van der Waals surface area contributed by atoms with Crippen LogP contribution >= 0.6 is 11.3 Å². The lowest BCUT2D eigenvalue weighted by molar-refractivity contribution is -0.120. The van der Waals surface area contributed by atoms with Crippen molar-refractivity contribution in [2.45, 2.75) is 6.42 Å². The highest BCUT2D eigenvalue weighted by atomic mass is 32.1. The number of anilines is 1. The number of ether oxygens (including phenoxy) is 1. The number of fused-ring (bicyclic) bond motifs is 1. The summed E-state index contributed by atoms with van der Waals surface area (Å²) in [5.74, 6) is 1.01. The monoisotopic (exact) mass is 302 g/mol. The van der Waals surface area contributed by atoms with Gasteiger partial charge in [-0.25, -0.2) is 0 Å². The third kappa shape index (κ3) is 3.55. The molecule has 5 heteroatoms. The van der Waals surface area contributed by atoms with E-state index in [-0.39, 0.29) is 5.91 Å². The SMILES string of the molecule is O=C(Cc1cccs1)NCCN1CCOc2ccccc21. The van der Waals surface area contributed by atoms with Gasteiger partial charge in [0, 0.05) is 18.0 Å². The fourth-order valence-electron chi connectivity index (χ4n) is 2.42. The normalized spacial score (nSPS) is 13.4. The van der Waals surface area contributed by atoms with E-state index in [1.807, 2.05) is 35.7 Å². The molecule has 0 bridgehead atoms. The number of nitrogens with one attached hydrogen (secondary N) is 1. The summed E-state index contributed by atoms with van der Waals surface area (Å²) >= 11 is 1.62. The summed E-state index contributed by atoms with van der Waals surface area (Å²) in [5.41, 5.74) is 1.11. The molecule has 0 saturated carbocycles. The Morgan fingerprint density at radius 2 is 2.19 bits per heavy atom. The molecular formula is C16H18N2O2S. The van der Waals surface area contributed by atoms with E-state index < -0.39 is 0 Å². The fourth-order valence-corrected chi connectivity index (χ4v) is 3.13. The van der Waals surface area contributed by atoms with Crippen molar-refractivity contribution >= 4 is 22.9 Å². The van der Waals surface area contributed by atoms with E-state index in [1.165, 1.54) is 0 Å². The van der Waals surface area contributed by atoms with Gasteiger partial charge < -0.3 is 15.0 Å². The number of carbonyl (C=O) groups excluding carboxylic acids is 1. The van der Waals surface area contributed by atoms with E-state index in [9.17, 15) is 4.79 Å². The summed E-state index contributed by atoms with van der Waals surface area (Å²) in [5, 5.41) is 4.98. The van der Waals surface area contributed by atoms with Crippen molar-refractivity contribution in [1.82, 2.24) is 5.32 Å². The van der Waals surface area contributed by atoms with Gasteiger partial charge >= 0.3 is 0 Å². The Morgan fingerprint density at radius 3 is 3.05 bits per heavy atom. The Kier molecular flexibility index (Phi) is 4.40. The fraction of sp³-hybridized carbons (Fsp3) is 0.312. The highest BCUT2D eigenvalue weighted by Gasteiger charge is 2.16. The average Bonchev–Trinajstić information content (AvgIpc) is 3.00. The minimum Gasteiger partial charge on any atom is -0.490 e. The van der Waals surface area contributed by atoms with E-state index in [1.54, 1.807) is 11.3 Å². The van der Waals surface area contributed by atoms with Crippen LogP contribution in [0, 0.1) is 0 Å². The van der Waals surface area contributed by atoms with Crippen LogP contribution in [-0.2, 0) is 11.2 Å². The van der Waals surface area contributed by atoms with Crippen molar-refractivity contribution in [1.29, 1.82) is 0 Å². The van der Waals surface area contributed by atoms with Crippen molar-refractivity contribution in [3.8, 4) is 5.75 Å². The van der Waals surface area contributed by atoms with E-state index in [0.717, 1.165) is 29.4 Å². The van der Waals surface area contributed by atoms with Crippen LogP contribution in [0.25, 0.3) is 0 Å². The maximum atomic E-state index is 11.9. The van der Waals surface area contributed by atoms with Crippen molar-refractivity contribution in [2.75, 3.05) is 31.1 Å². The second-order valence-corrected chi connectivity index (χ2v) is 5.94. The number of para-hydroxylation sites is 2. The van der Waals surface area contributed by atoms with Gasteiger partial charge in [0.05, 0.1) is 18.7 Å².